The minimum absolute atomic E-state index is 0.0941. The Balaban J connectivity index is 2.18. The lowest BCUT2D eigenvalue weighted by molar-refractivity contribution is 0.0698. The number of carbonyl (C=O) groups is 2. The van der Waals surface area contributed by atoms with Gasteiger partial charge in [0.25, 0.3) is 0 Å². The summed E-state index contributed by atoms with van der Waals surface area (Å²) in [6.07, 6.45) is 4.06. The van der Waals surface area contributed by atoms with Crippen LogP contribution in [0.3, 0.4) is 0 Å². The Kier molecular flexibility index (Phi) is 5.22. The van der Waals surface area contributed by atoms with E-state index < -0.39 is 5.97 Å². The number of halogens is 1. The molecule has 1 aliphatic heterocycles. The van der Waals surface area contributed by atoms with Crippen molar-refractivity contribution >= 4 is 33.6 Å². The van der Waals surface area contributed by atoms with Crippen LogP contribution in [0.25, 0.3) is 0 Å². The zero-order valence-electron chi connectivity index (χ0n) is 11.9. The predicted molar refractivity (Wildman–Crippen MR) is 84.8 cm³/mol. The van der Waals surface area contributed by atoms with Crippen LogP contribution in [0.5, 0.6) is 0 Å². The topological polar surface area (TPSA) is 69.6 Å². The molecule has 0 bridgehead atoms. The van der Waals surface area contributed by atoms with Crippen molar-refractivity contribution in [3.05, 3.63) is 28.2 Å². The number of hydrogen-bond donors (Lipinski definition) is 2. The zero-order chi connectivity index (χ0) is 15.4. The lowest BCUT2D eigenvalue weighted by atomic mass is 10.0. The van der Waals surface area contributed by atoms with Gasteiger partial charge in [0.1, 0.15) is 0 Å². The summed E-state index contributed by atoms with van der Waals surface area (Å²) in [5, 5.41) is 11.9. The van der Waals surface area contributed by atoms with E-state index >= 15 is 0 Å². The molecule has 1 aromatic rings. The second-order valence-electron chi connectivity index (χ2n) is 5.18. The van der Waals surface area contributed by atoms with Gasteiger partial charge in [0.05, 0.1) is 11.3 Å². The molecule has 0 saturated carbocycles. The average Bonchev–Trinajstić information content (AvgIpc) is 2.46. The molecule has 0 radical (unpaired) electrons. The summed E-state index contributed by atoms with van der Waals surface area (Å²) in [5.41, 5.74) is 0.416. The maximum atomic E-state index is 12.4. The summed E-state index contributed by atoms with van der Waals surface area (Å²) in [6, 6.07) is 4.76. The van der Waals surface area contributed by atoms with Crippen molar-refractivity contribution in [3.8, 4) is 0 Å². The highest BCUT2D eigenvalue weighted by Gasteiger charge is 2.26. The normalized spacial score (nSPS) is 18.4. The zero-order valence-corrected chi connectivity index (χ0v) is 13.5. The van der Waals surface area contributed by atoms with Gasteiger partial charge in [-0.1, -0.05) is 22.9 Å². The fraction of sp³-hybridized carbons (Fsp3) is 0.467. The number of nitrogens with zero attached hydrogens (tertiary/aromatic N) is 1. The maximum Gasteiger partial charge on any atom is 0.337 e. The van der Waals surface area contributed by atoms with Gasteiger partial charge in [-0.05, 0) is 43.9 Å². The molecule has 1 aliphatic rings. The van der Waals surface area contributed by atoms with E-state index in [1.165, 1.54) is 6.07 Å². The van der Waals surface area contributed by atoms with Crippen LogP contribution in [0.2, 0.25) is 0 Å². The molecule has 1 heterocycles. The molecule has 1 fully saturated rings. The van der Waals surface area contributed by atoms with Crippen LogP contribution in [0, 0.1) is 0 Å². The first-order chi connectivity index (χ1) is 10.0. The van der Waals surface area contributed by atoms with Gasteiger partial charge in [-0.15, -0.1) is 0 Å². The number of carbonyl (C=O) groups excluding carboxylic acids is 1. The molecule has 2 amide bonds. The Morgan fingerprint density at radius 2 is 2.19 bits per heavy atom. The number of hydrogen-bond acceptors (Lipinski definition) is 2. The molecular weight excluding hydrogens is 336 g/mol. The monoisotopic (exact) mass is 354 g/mol. The number of urea groups is 1. The molecule has 0 aliphatic carbocycles. The van der Waals surface area contributed by atoms with Gasteiger partial charge in [0, 0.05) is 17.1 Å². The average molecular weight is 355 g/mol. The molecule has 114 valence electrons. The van der Waals surface area contributed by atoms with E-state index in [4.69, 9.17) is 0 Å². The van der Waals surface area contributed by atoms with Crippen LogP contribution in [-0.4, -0.2) is 34.6 Å². The number of benzene rings is 1. The number of nitrogens with one attached hydrogen (secondary N) is 1. The molecule has 2 N–H and O–H groups in total. The Morgan fingerprint density at radius 1 is 1.43 bits per heavy atom. The Labute approximate surface area is 132 Å². The lowest BCUT2D eigenvalue weighted by Crippen LogP contribution is -2.45. The minimum atomic E-state index is -1.05. The van der Waals surface area contributed by atoms with Crippen molar-refractivity contribution in [2.45, 2.75) is 38.6 Å². The highest BCUT2D eigenvalue weighted by atomic mass is 79.9. The van der Waals surface area contributed by atoms with Gasteiger partial charge in [0.15, 0.2) is 0 Å². The van der Waals surface area contributed by atoms with Gasteiger partial charge < -0.3 is 15.3 Å². The molecule has 1 unspecified atom stereocenters. The Bertz CT molecular complexity index is 548. The first-order valence-corrected chi connectivity index (χ1v) is 7.92. The third kappa shape index (κ3) is 3.75. The van der Waals surface area contributed by atoms with Crippen LogP contribution in [0.15, 0.2) is 22.7 Å². The maximum absolute atomic E-state index is 12.4. The first-order valence-electron chi connectivity index (χ1n) is 7.13. The summed E-state index contributed by atoms with van der Waals surface area (Å²) >= 11 is 3.30. The predicted octanol–water partition coefficient (Wildman–Crippen LogP) is 3.94. The van der Waals surface area contributed by atoms with Crippen LogP contribution >= 0.6 is 15.9 Å². The van der Waals surface area contributed by atoms with E-state index in [2.05, 4.69) is 28.2 Å². The van der Waals surface area contributed by atoms with Crippen molar-refractivity contribution in [1.29, 1.82) is 0 Å². The van der Waals surface area contributed by atoms with Crippen LogP contribution in [0.4, 0.5) is 10.5 Å². The smallest absolute Gasteiger partial charge is 0.337 e. The second kappa shape index (κ2) is 6.93. The number of carboxylic acids is 1. The molecule has 6 heteroatoms. The standard InChI is InChI=1S/C15H19BrN2O3/c1-2-11-5-3-4-8-18(11)15(21)17-13-9-10(16)6-7-12(13)14(19)20/h6-7,9,11H,2-5,8H2,1H3,(H,17,21)(H,19,20). The molecule has 5 nitrogen and oxygen atoms in total. The largest absolute Gasteiger partial charge is 0.478 e. The van der Waals surface area contributed by atoms with Crippen molar-refractivity contribution in [3.63, 3.8) is 0 Å². The van der Waals surface area contributed by atoms with Gasteiger partial charge >= 0.3 is 12.0 Å². The van der Waals surface area contributed by atoms with Crippen molar-refractivity contribution < 1.29 is 14.7 Å². The highest BCUT2D eigenvalue weighted by molar-refractivity contribution is 9.10. The third-order valence-corrected chi connectivity index (χ3v) is 4.31. The third-order valence-electron chi connectivity index (χ3n) is 3.81. The van der Waals surface area contributed by atoms with Crippen molar-refractivity contribution in [2.24, 2.45) is 0 Å². The number of anilines is 1. The summed E-state index contributed by atoms with van der Waals surface area (Å²) in [4.78, 5) is 25.5. The van der Waals surface area contributed by atoms with E-state index in [-0.39, 0.29) is 17.6 Å². The molecule has 21 heavy (non-hydrogen) atoms. The SMILES string of the molecule is CCC1CCCCN1C(=O)Nc1cc(Br)ccc1C(=O)O. The fourth-order valence-corrected chi connectivity index (χ4v) is 3.05. The number of carboxylic acid groups (broad SMARTS) is 1. The van der Waals surface area contributed by atoms with E-state index in [0.29, 0.717) is 5.69 Å². The number of likely N-dealkylation sites (tertiary alicyclic amines) is 1. The molecule has 2 rings (SSSR count). The number of amides is 2. The fourth-order valence-electron chi connectivity index (χ4n) is 2.69. The molecule has 1 atom stereocenters. The summed E-state index contributed by atoms with van der Waals surface area (Å²) in [5.74, 6) is -1.05. The van der Waals surface area contributed by atoms with Crippen molar-refractivity contribution in [2.75, 3.05) is 11.9 Å². The van der Waals surface area contributed by atoms with Crippen molar-refractivity contribution in [1.82, 2.24) is 4.90 Å². The van der Waals surface area contributed by atoms with E-state index in [1.807, 2.05) is 4.90 Å². The van der Waals surface area contributed by atoms with E-state index in [0.717, 1.165) is 36.7 Å². The molecule has 1 aromatic carbocycles. The molecular formula is C15H19BrN2O3. The Morgan fingerprint density at radius 3 is 2.86 bits per heavy atom. The second-order valence-corrected chi connectivity index (χ2v) is 6.09. The number of piperidine rings is 1. The van der Waals surface area contributed by atoms with E-state index in [1.54, 1.807) is 12.1 Å². The summed E-state index contributed by atoms with van der Waals surface area (Å²) in [6.45, 7) is 2.79. The quantitative estimate of drug-likeness (QED) is 0.863. The minimum Gasteiger partial charge on any atom is -0.478 e. The van der Waals surface area contributed by atoms with Crippen LogP contribution in [0.1, 0.15) is 43.0 Å². The van der Waals surface area contributed by atoms with E-state index in [9.17, 15) is 14.7 Å². The molecule has 1 saturated heterocycles. The highest BCUT2D eigenvalue weighted by Crippen LogP contribution is 2.24. The number of rotatable bonds is 3. The first kappa shape index (κ1) is 15.8. The lowest BCUT2D eigenvalue weighted by Gasteiger charge is -2.35. The summed E-state index contributed by atoms with van der Waals surface area (Å²) < 4.78 is 0.730. The molecule has 0 aromatic heterocycles. The Hall–Kier alpha value is -1.56. The number of aromatic carboxylic acids is 1. The van der Waals surface area contributed by atoms with Crippen LogP contribution < -0.4 is 5.32 Å². The van der Waals surface area contributed by atoms with Gasteiger partial charge in [0.2, 0.25) is 0 Å². The van der Waals surface area contributed by atoms with Gasteiger partial charge in [-0.25, -0.2) is 9.59 Å². The van der Waals surface area contributed by atoms with Gasteiger partial charge in [-0.3, -0.25) is 0 Å². The molecule has 0 spiro atoms. The van der Waals surface area contributed by atoms with Crippen LogP contribution in [-0.2, 0) is 0 Å². The summed E-state index contributed by atoms with van der Waals surface area (Å²) in [7, 11) is 0. The van der Waals surface area contributed by atoms with Gasteiger partial charge in [-0.2, -0.15) is 0 Å².